The summed E-state index contributed by atoms with van der Waals surface area (Å²) in [6.45, 7) is 4.61. The van der Waals surface area contributed by atoms with Gasteiger partial charge in [0, 0.05) is 27.1 Å². The van der Waals surface area contributed by atoms with E-state index in [0.717, 1.165) is 38.5 Å². The molecule has 1 heterocycles. The zero-order chi connectivity index (χ0) is 30.0. The molecule has 3 N–H and O–H groups in total. The predicted octanol–water partition coefficient (Wildman–Crippen LogP) is 5.92. The summed E-state index contributed by atoms with van der Waals surface area (Å²) in [6.07, 6.45) is 32.6. The fraction of sp³-hybridized carbons (Fsp3) is 0.500. The number of amides is 2. The van der Waals surface area contributed by atoms with Crippen molar-refractivity contribution in [3.8, 4) is 0 Å². The highest BCUT2D eigenvalue weighted by molar-refractivity contribution is 6.05. The summed E-state index contributed by atoms with van der Waals surface area (Å²) in [5.41, 5.74) is 0. The topological polar surface area (TPSA) is 107 Å². The van der Waals surface area contributed by atoms with Crippen molar-refractivity contribution in [3.05, 3.63) is 72.9 Å². The van der Waals surface area contributed by atoms with Gasteiger partial charge < -0.3 is 15.0 Å². The van der Waals surface area contributed by atoms with Crippen molar-refractivity contribution in [2.75, 3.05) is 27.2 Å². The molecule has 1 unspecified atom stereocenters. The van der Waals surface area contributed by atoms with E-state index >= 15 is 0 Å². The van der Waals surface area contributed by atoms with Gasteiger partial charge in [-0.2, -0.15) is 0 Å². The Morgan fingerprint density at radius 3 is 1.93 bits per heavy atom. The quantitative estimate of drug-likeness (QED) is 0.141. The van der Waals surface area contributed by atoms with E-state index in [1.807, 2.05) is 27.1 Å². The number of carbonyl (C=O) groups excluding carboxylic acids is 2. The van der Waals surface area contributed by atoms with E-state index in [1.54, 1.807) is 4.90 Å². The maximum absolute atomic E-state index is 12.0. The Bertz CT molecular complexity index is 989. The average Bonchev–Trinajstić information content (AvgIpc) is 2.93. The van der Waals surface area contributed by atoms with Gasteiger partial charge in [0.1, 0.15) is 6.17 Å². The maximum atomic E-state index is 12.0. The van der Waals surface area contributed by atoms with Crippen LogP contribution in [0, 0.1) is 0 Å². The number of aliphatic imine (C=N–C) groups is 2. The highest BCUT2D eigenvalue weighted by Gasteiger charge is 2.17. The molecular weight excluding hydrogens is 516 g/mol. The monoisotopic (exact) mass is 566 g/mol. The minimum atomic E-state index is -0.604. The second-order valence-electron chi connectivity index (χ2n) is 9.50. The SMILES string of the molecule is CC/C=C\C/C=C\C/C=C\C/C=C\C/C=C\C/C=C\CCC(=O)NCCCOC(=O)NC1=NC(C)N=C(N(C)C)N1. The zero-order valence-corrected chi connectivity index (χ0v) is 25.4. The molecule has 0 radical (unpaired) electrons. The van der Waals surface area contributed by atoms with E-state index in [9.17, 15) is 9.59 Å². The van der Waals surface area contributed by atoms with Crippen LogP contribution in [0.5, 0.6) is 0 Å². The van der Waals surface area contributed by atoms with Crippen molar-refractivity contribution in [2.24, 2.45) is 9.98 Å². The van der Waals surface area contributed by atoms with Gasteiger partial charge in [-0.3, -0.25) is 15.4 Å². The molecule has 0 spiro atoms. The smallest absolute Gasteiger partial charge is 0.413 e. The Kier molecular flexibility index (Phi) is 20.5. The van der Waals surface area contributed by atoms with Crippen LogP contribution in [0.15, 0.2) is 82.9 Å². The first kappa shape index (κ1) is 35.1. The number of alkyl carbamates (subject to hydrolysis) is 1. The lowest BCUT2D eigenvalue weighted by Gasteiger charge is -2.23. The van der Waals surface area contributed by atoms with E-state index in [-0.39, 0.29) is 18.7 Å². The largest absolute Gasteiger partial charge is 0.449 e. The molecule has 226 valence electrons. The number of nitrogens with zero attached hydrogens (tertiary/aromatic N) is 3. The first-order valence-electron chi connectivity index (χ1n) is 14.6. The van der Waals surface area contributed by atoms with Crippen LogP contribution in [0.1, 0.15) is 71.6 Å². The fourth-order valence-corrected chi connectivity index (χ4v) is 3.39. The molecule has 0 fully saturated rings. The first-order valence-corrected chi connectivity index (χ1v) is 14.6. The second kappa shape index (κ2) is 24.0. The van der Waals surface area contributed by atoms with Crippen LogP contribution < -0.4 is 16.0 Å². The van der Waals surface area contributed by atoms with Crippen molar-refractivity contribution in [3.63, 3.8) is 0 Å². The minimum absolute atomic E-state index is 0.0146. The Balaban J connectivity index is 1.99. The molecule has 9 heteroatoms. The average molecular weight is 567 g/mol. The second-order valence-corrected chi connectivity index (χ2v) is 9.50. The number of hydrogen-bond donors (Lipinski definition) is 3. The van der Waals surface area contributed by atoms with Gasteiger partial charge in [0.25, 0.3) is 0 Å². The Morgan fingerprint density at radius 2 is 1.39 bits per heavy atom. The molecule has 0 bridgehead atoms. The van der Waals surface area contributed by atoms with E-state index in [2.05, 4.69) is 99.7 Å². The molecule has 1 aliphatic heterocycles. The van der Waals surface area contributed by atoms with E-state index < -0.39 is 6.09 Å². The standard InChI is InChI=1S/C32H50N6O3/c1-5-6-7-8-9-10-11-12-13-14-15-16-17-18-19-20-21-22-23-25-29(39)33-26-24-27-41-32(40)37-30-34-28(2)35-31(36-30)38(3)4/h6-7,9-10,12-13,15-16,18-19,21-22,28H,5,8,11,14,17,20,23-27H2,1-4H3,(H,33,39)(H2,34,35,36,37,40)/b7-6-,10-9-,13-12-,16-15-,19-18-,22-21-. The summed E-state index contributed by atoms with van der Waals surface area (Å²) in [5, 5.41) is 8.35. The fourth-order valence-electron chi connectivity index (χ4n) is 3.39. The predicted molar refractivity (Wildman–Crippen MR) is 171 cm³/mol. The highest BCUT2D eigenvalue weighted by Crippen LogP contribution is 2.00. The van der Waals surface area contributed by atoms with Gasteiger partial charge in [-0.1, -0.05) is 79.8 Å². The summed E-state index contributed by atoms with van der Waals surface area (Å²) in [7, 11) is 3.69. The molecule has 0 saturated carbocycles. The van der Waals surface area contributed by atoms with Crippen molar-refractivity contribution < 1.29 is 14.3 Å². The first-order chi connectivity index (χ1) is 19.9. The summed E-state index contributed by atoms with van der Waals surface area (Å²) in [5.74, 6) is 0.887. The Morgan fingerprint density at radius 1 is 0.854 bits per heavy atom. The van der Waals surface area contributed by atoms with Gasteiger partial charge in [-0.25, -0.2) is 14.8 Å². The summed E-state index contributed by atoms with van der Waals surface area (Å²) < 4.78 is 5.16. The van der Waals surface area contributed by atoms with Crippen LogP contribution in [-0.2, 0) is 9.53 Å². The number of allylic oxidation sites excluding steroid dienone is 12. The molecule has 1 atom stereocenters. The van der Waals surface area contributed by atoms with Gasteiger partial charge in [-0.05, 0) is 58.3 Å². The van der Waals surface area contributed by atoms with Crippen molar-refractivity contribution in [2.45, 2.75) is 77.8 Å². The van der Waals surface area contributed by atoms with Gasteiger partial charge in [0.2, 0.25) is 17.8 Å². The normalized spacial score (nSPS) is 15.8. The minimum Gasteiger partial charge on any atom is -0.449 e. The zero-order valence-electron chi connectivity index (χ0n) is 25.4. The number of ether oxygens (including phenoxy) is 1. The van der Waals surface area contributed by atoms with Crippen LogP contribution in [0.3, 0.4) is 0 Å². The summed E-state index contributed by atoms with van der Waals surface area (Å²) in [6, 6.07) is 0. The lowest BCUT2D eigenvalue weighted by molar-refractivity contribution is -0.121. The Hall–Kier alpha value is -3.88. The third-order valence-electron chi connectivity index (χ3n) is 5.51. The van der Waals surface area contributed by atoms with Gasteiger partial charge in [-0.15, -0.1) is 0 Å². The van der Waals surface area contributed by atoms with E-state index in [0.29, 0.717) is 37.7 Å². The van der Waals surface area contributed by atoms with Crippen molar-refractivity contribution in [1.29, 1.82) is 0 Å². The number of rotatable bonds is 18. The summed E-state index contributed by atoms with van der Waals surface area (Å²) >= 11 is 0. The molecule has 0 aromatic carbocycles. The van der Waals surface area contributed by atoms with Crippen molar-refractivity contribution >= 4 is 23.9 Å². The molecule has 1 aliphatic rings. The molecule has 41 heavy (non-hydrogen) atoms. The van der Waals surface area contributed by atoms with Gasteiger partial charge >= 0.3 is 6.09 Å². The number of carbonyl (C=O) groups is 2. The maximum Gasteiger partial charge on any atom is 0.413 e. The van der Waals surface area contributed by atoms with Crippen LogP contribution >= 0.6 is 0 Å². The van der Waals surface area contributed by atoms with E-state index in [1.165, 1.54) is 0 Å². The number of hydrogen-bond acceptors (Lipinski definition) is 7. The van der Waals surface area contributed by atoms with Crippen LogP contribution in [0.2, 0.25) is 0 Å². The third-order valence-corrected chi connectivity index (χ3v) is 5.51. The molecule has 1 rings (SSSR count). The molecular formula is C32H50N6O3. The molecule has 2 amide bonds. The molecule has 9 nitrogen and oxygen atoms in total. The van der Waals surface area contributed by atoms with Crippen LogP contribution in [-0.4, -0.2) is 62.2 Å². The number of nitrogens with one attached hydrogen (secondary N) is 3. The van der Waals surface area contributed by atoms with Crippen LogP contribution in [0.4, 0.5) is 4.79 Å². The molecule has 0 aliphatic carbocycles. The van der Waals surface area contributed by atoms with E-state index in [4.69, 9.17) is 4.74 Å². The third kappa shape index (κ3) is 20.7. The highest BCUT2D eigenvalue weighted by atomic mass is 16.5. The molecule has 0 aromatic heterocycles. The van der Waals surface area contributed by atoms with Crippen LogP contribution in [0.25, 0.3) is 0 Å². The Labute approximate surface area is 247 Å². The summed E-state index contributed by atoms with van der Waals surface area (Å²) in [4.78, 5) is 34.3. The molecule has 0 aromatic rings. The van der Waals surface area contributed by atoms with Gasteiger partial charge in [0.05, 0.1) is 6.61 Å². The lowest BCUT2D eigenvalue weighted by Crippen LogP contribution is -2.51. The number of guanidine groups is 2. The van der Waals surface area contributed by atoms with Gasteiger partial charge in [0.15, 0.2) is 0 Å². The molecule has 0 saturated heterocycles. The van der Waals surface area contributed by atoms with Crippen molar-refractivity contribution in [1.82, 2.24) is 20.9 Å². The lowest BCUT2D eigenvalue weighted by atomic mass is 10.2.